The summed E-state index contributed by atoms with van der Waals surface area (Å²) in [6.07, 6.45) is 0. The van der Waals surface area contributed by atoms with E-state index in [0.29, 0.717) is 6.54 Å². The van der Waals surface area contributed by atoms with Crippen molar-refractivity contribution >= 4 is 0 Å². The first kappa shape index (κ1) is 11.8. The highest BCUT2D eigenvalue weighted by molar-refractivity contribution is 4.70. The van der Waals surface area contributed by atoms with Crippen molar-refractivity contribution in [1.82, 2.24) is 10.6 Å². The topological polar surface area (TPSA) is 76.1 Å². The molecule has 0 saturated carbocycles. The molecule has 1 fully saturated rings. The molecule has 1 aliphatic heterocycles. The van der Waals surface area contributed by atoms with Gasteiger partial charge in [0.05, 0.1) is 0 Å². The summed E-state index contributed by atoms with van der Waals surface area (Å²) in [7, 11) is 0. The van der Waals surface area contributed by atoms with Gasteiger partial charge in [0.15, 0.2) is 0 Å². The van der Waals surface area contributed by atoms with Crippen LogP contribution in [0, 0.1) is 0 Å². The van der Waals surface area contributed by atoms with Gasteiger partial charge < -0.3 is 22.1 Å². The van der Waals surface area contributed by atoms with Crippen molar-refractivity contribution in [2.24, 2.45) is 11.5 Å². The van der Waals surface area contributed by atoms with E-state index in [4.69, 9.17) is 11.5 Å². The lowest BCUT2D eigenvalue weighted by Gasteiger charge is -2.13. The van der Waals surface area contributed by atoms with Gasteiger partial charge in [0.25, 0.3) is 0 Å². The molecule has 0 aromatic rings. The maximum Gasteiger partial charge on any atom is 0.0221 e. The number of rotatable bonds is 1. The summed E-state index contributed by atoms with van der Waals surface area (Å²) in [5.74, 6) is 0. The summed E-state index contributed by atoms with van der Waals surface area (Å²) in [4.78, 5) is 0. The maximum atomic E-state index is 5.41. The zero-order chi connectivity index (χ0) is 9.45. The minimum absolute atomic E-state index is 0.181. The average molecular weight is 174 g/mol. The molecule has 74 valence electrons. The normalized spacial score (nSPS) is 18.0. The van der Waals surface area contributed by atoms with Crippen molar-refractivity contribution in [2.75, 3.05) is 32.7 Å². The molecule has 6 N–H and O–H groups in total. The van der Waals surface area contributed by atoms with Gasteiger partial charge in [-0.3, -0.25) is 0 Å². The summed E-state index contributed by atoms with van der Waals surface area (Å²) in [5, 5.41) is 6.44. The summed E-state index contributed by atoms with van der Waals surface area (Å²) in [6, 6.07) is 0. The molecule has 1 saturated heterocycles. The molecule has 0 aliphatic carbocycles. The Morgan fingerprint density at radius 2 is 1.33 bits per heavy atom. The molecule has 4 nitrogen and oxygen atoms in total. The van der Waals surface area contributed by atoms with E-state index in [-0.39, 0.29) is 5.54 Å². The maximum absolute atomic E-state index is 5.41. The number of nitrogens with one attached hydrogen (secondary N) is 2. The van der Waals surface area contributed by atoms with Gasteiger partial charge in [0.2, 0.25) is 0 Å². The molecule has 0 atom stereocenters. The Kier molecular flexibility index (Phi) is 6.28. The van der Waals surface area contributed by atoms with Crippen LogP contribution in [0.5, 0.6) is 0 Å². The number of piperazine rings is 1. The lowest BCUT2D eigenvalue weighted by atomic mass is 10.1. The average Bonchev–Trinajstić information content (AvgIpc) is 2.07. The fraction of sp³-hybridized carbons (Fsp3) is 1.00. The molecule has 0 amide bonds. The van der Waals surface area contributed by atoms with E-state index in [1.165, 1.54) is 0 Å². The quantitative estimate of drug-likeness (QED) is 0.405. The van der Waals surface area contributed by atoms with Crippen LogP contribution in [0.1, 0.15) is 13.8 Å². The lowest BCUT2D eigenvalue weighted by molar-refractivity contribution is 0.532. The van der Waals surface area contributed by atoms with Crippen molar-refractivity contribution in [1.29, 1.82) is 0 Å². The molecule has 1 aliphatic rings. The standard InChI is InChI=1S/C4H10N2.C4H12N2/c1-2-6-4-3-5-1;1-4(2,6)3-5/h5-6H,1-4H2;3,5-6H2,1-2H3. The second-order valence-electron chi connectivity index (χ2n) is 3.69. The predicted molar refractivity (Wildman–Crippen MR) is 53.1 cm³/mol. The first-order chi connectivity index (χ1) is 5.56. The number of hydrogen-bond donors (Lipinski definition) is 4. The monoisotopic (exact) mass is 174 g/mol. The van der Waals surface area contributed by atoms with Crippen LogP contribution in [-0.2, 0) is 0 Å². The number of hydrogen-bond acceptors (Lipinski definition) is 4. The molecule has 0 aromatic heterocycles. The Morgan fingerprint density at radius 1 is 1.08 bits per heavy atom. The predicted octanol–water partition coefficient (Wildman–Crippen LogP) is -1.14. The molecule has 0 aromatic carbocycles. The molecule has 4 heteroatoms. The van der Waals surface area contributed by atoms with Gasteiger partial charge in [-0.15, -0.1) is 0 Å². The van der Waals surface area contributed by atoms with Crippen molar-refractivity contribution < 1.29 is 0 Å². The van der Waals surface area contributed by atoms with Crippen molar-refractivity contribution in [3.05, 3.63) is 0 Å². The van der Waals surface area contributed by atoms with Crippen molar-refractivity contribution in [3.8, 4) is 0 Å². The molecule has 1 rings (SSSR count). The van der Waals surface area contributed by atoms with E-state index in [9.17, 15) is 0 Å². The molecule has 0 bridgehead atoms. The Labute approximate surface area is 75.1 Å². The van der Waals surface area contributed by atoms with E-state index >= 15 is 0 Å². The van der Waals surface area contributed by atoms with Gasteiger partial charge in [-0.1, -0.05) is 0 Å². The minimum atomic E-state index is -0.181. The van der Waals surface area contributed by atoms with E-state index in [2.05, 4.69) is 10.6 Å². The van der Waals surface area contributed by atoms with E-state index < -0.39 is 0 Å². The Bertz CT molecular complexity index is 82.2. The van der Waals surface area contributed by atoms with Gasteiger partial charge in [0, 0.05) is 38.3 Å². The van der Waals surface area contributed by atoms with Crippen LogP contribution in [-0.4, -0.2) is 38.3 Å². The third-order valence-corrected chi connectivity index (χ3v) is 1.48. The third kappa shape index (κ3) is 9.84. The number of nitrogens with two attached hydrogens (primary N) is 2. The molecular formula is C8H22N4. The zero-order valence-corrected chi connectivity index (χ0v) is 8.19. The summed E-state index contributed by atoms with van der Waals surface area (Å²) < 4.78 is 0. The second kappa shape index (κ2) is 6.37. The fourth-order valence-corrected chi connectivity index (χ4v) is 0.604. The van der Waals surface area contributed by atoms with Gasteiger partial charge in [-0.25, -0.2) is 0 Å². The zero-order valence-electron chi connectivity index (χ0n) is 8.19. The fourth-order valence-electron chi connectivity index (χ4n) is 0.604. The van der Waals surface area contributed by atoms with Crippen LogP contribution in [0.25, 0.3) is 0 Å². The molecule has 12 heavy (non-hydrogen) atoms. The molecule has 0 radical (unpaired) electrons. The van der Waals surface area contributed by atoms with E-state index in [0.717, 1.165) is 26.2 Å². The van der Waals surface area contributed by atoms with Crippen molar-refractivity contribution in [3.63, 3.8) is 0 Å². The lowest BCUT2D eigenvalue weighted by Crippen LogP contribution is -2.40. The van der Waals surface area contributed by atoms with Crippen LogP contribution < -0.4 is 22.1 Å². The molecular weight excluding hydrogens is 152 g/mol. The largest absolute Gasteiger partial charge is 0.329 e. The van der Waals surface area contributed by atoms with E-state index in [1.54, 1.807) is 0 Å². The first-order valence-corrected chi connectivity index (χ1v) is 4.46. The highest BCUT2D eigenvalue weighted by atomic mass is 15.0. The third-order valence-electron chi connectivity index (χ3n) is 1.48. The molecule has 0 unspecified atom stereocenters. The van der Waals surface area contributed by atoms with Gasteiger partial charge >= 0.3 is 0 Å². The first-order valence-electron chi connectivity index (χ1n) is 4.46. The summed E-state index contributed by atoms with van der Waals surface area (Å²) in [5.41, 5.74) is 10.4. The van der Waals surface area contributed by atoms with Crippen LogP contribution in [0.2, 0.25) is 0 Å². The summed E-state index contributed by atoms with van der Waals surface area (Å²) in [6.45, 7) is 8.90. The summed E-state index contributed by atoms with van der Waals surface area (Å²) >= 11 is 0. The van der Waals surface area contributed by atoms with Crippen molar-refractivity contribution in [2.45, 2.75) is 19.4 Å². The van der Waals surface area contributed by atoms with Crippen LogP contribution in [0.4, 0.5) is 0 Å². The molecule has 0 spiro atoms. The van der Waals surface area contributed by atoms with Gasteiger partial charge in [-0.05, 0) is 13.8 Å². The smallest absolute Gasteiger partial charge is 0.0221 e. The highest BCUT2D eigenvalue weighted by Crippen LogP contribution is 1.88. The van der Waals surface area contributed by atoms with Crippen LogP contribution >= 0.6 is 0 Å². The Balaban J connectivity index is 0.000000202. The second-order valence-corrected chi connectivity index (χ2v) is 3.69. The Hall–Kier alpha value is -0.160. The van der Waals surface area contributed by atoms with Gasteiger partial charge in [0.1, 0.15) is 0 Å². The highest BCUT2D eigenvalue weighted by Gasteiger charge is 2.04. The molecule has 1 heterocycles. The minimum Gasteiger partial charge on any atom is -0.329 e. The SMILES string of the molecule is C1CNCCN1.CC(C)(N)CN. The van der Waals surface area contributed by atoms with Crippen LogP contribution in [0.3, 0.4) is 0 Å². The Morgan fingerprint density at radius 3 is 1.42 bits per heavy atom. The van der Waals surface area contributed by atoms with Crippen LogP contribution in [0.15, 0.2) is 0 Å². The van der Waals surface area contributed by atoms with E-state index in [1.807, 2.05) is 13.8 Å². The van der Waals surface area contributed by atoms with Gasteiger partial charge in [-0.2, -0.15) is 0 Å².